The van der Waals surface area contributed by atoms with Crippen LogP contribution in [0.1, 0.15) is 16.2 Å². The average molecular weight is 286 g/mol. The molecule has 1 N–H and O–H groups in total. The van der Waals surface area contributed by atoms with Crippen LogP contribution in [-0.2, 0) is 6.54 Å². The van der Waals surface area contributed by atoms with Gasteiger partial charge in [0.1, 0.15) is 0 Å². The molecule has 3 aromatic rings. The second-order valence-corrected chi connectivity index (χ2v) is 4.86. The Morgan fingerprint density at radius 3 is 2.90 bits per heavy atom. The number of nitrogens with zero attached hydrogens (tertiary/aromatic N) is 3. The molecular weight excluding hydrogens is 276 g/mol. The van der Waals surface area contributed by atoms with Gasteiger partial charge in [-0.05, 0) is 23.6 Å². The monoisotopic (exact) mass is 286 g/mol. The Bertz CT molecular complexity index is 694. The Labute approximate surface area is 118 Å². The Morgan fingerprint density at radius 2 is 2.15 bits per heavy atom. The summed E-state index contributed by atoms with van der Waals surface area (Å²) in [7, 11) is 0. The minimum atomic E-state index is -0.205. The molecule has 3 aromatic heterocycles. The van der Waals surface area contributed by atoms with Crippen LogP contribution in [0, 0.1) is 0 Å². The number of aromatic nitrogens is 3. The van der Waals surface area contributed by atoms with E-state index in [1.54, 1.807) is 24.5 Å². The second-order valence-electron chi connectivity index (χ2n) is 3.91. The Morgan fingerprint density at radius 1 is 1.30 bits per heavy atom. The first kappa shape index (κ1) is 12.5. The Balaban J connectivity index is 1.63. The highest BCUT2D eigenvalue weighted by Crippen LogP contribution is 2.21. The molecule has 20 heavy (non-hydrogen) atoms. The van der Waals surface area contributed by atoms with Crippen molar-refractivity contribution in [1.82, 2.24) is 20.4 Å². The quantitative estimate of drug-likeness (QED) is 0.794. The van der Waals surface area contributed by atoms with E-state index in [1.165, 1.54) is 11.3 Å². The molecule has 0 saturated heterocycles. The van der Waals surface area contributed by atoms with E-state index in [2.05, 4.69) is 20.4 Å². The zero-order valence-electron chi connectivity index (χ0n) is 10.3. The topological polar surface area (TPSA) is 80.9 Å². The molecule has 0 bridgehead atoms. The van der Waals surface area contributed by atoms with Crippen molar-refractivity contribution >= 4 is 17.2 Å². The van der Waals surface area contributed by atoms with Gasteiger partial charge in [0.15, 0.2) is 0 Å². The smallest absolute Gasteiger partial charge is 0.251 e. The number of nitrogens with one attached hydrogen (secondary N) is 1. The minimum absolute atomic E-state index is 0.194. The summed E-state index contributed by atoms with van der Waals surface area (Å²) in [5, 5.41) is 8.53. The largest absolute Gasteiger partial charge is 0.343 e. The van der Waals surface area contributed by atoms with Crippen molar-refractivity contribution in [2.24, 2.45) is 0 Å². The molecule has 6 nitrogen and oxygen atoms in total. The summed E-state index contributed by atoms with van der Waals surface area (Å²) >= 11 is 1.53. The van der Waals surface area contributed by atoms with E-state index in [-0.39, 0.29) is 12.5 Å². The van der Waals surface area contributed by atoms with Gasteiger partial charge in [-0.3, -0.25) is 9.78 Å². The molecule has 1 amide bonds. The van der Waals surface area contributed by atoms with E-state index in [9.17, 15) is 4.79 Å². The van der Waals surface area contributed by atoms with Gasteiger partial charge in [0.05, 0.1) is 11.4 Å². The molecular formula is C13H10N4O2S. The summed E-state index contributed by atoms with van der Waals surface area (Å²) in [5.74, 6) is 0.701. The van der Waals surface area contributed by atoms with Gasteiger partial charge in [-0.1, -0.05) is 11.2 Å². The van der Waals surface area contributed by atoms with Crippen molar-refractivity contribution in [2.45, 2.75) is 6.54 Å². The van der Waals surface area contributed by atoms with E-state index in [0.29, 0.717) is 17.3 Å². The van der Waals surface area contributed by atoms with E-state index < -0.39 is 0 Å². The third-order valence-electron chi connectivity index (χ3n) is 2.55. The van der Waals surface area contributed by atoms with Crippen LogP contribution in [0.5, 0.6) is 0 Å². The standard InChI is InChI=1S/C13H10N4O2S/c18-13(9-3-5-14-6-4-9)15-8-11-16-12(17-19-11)10-2-1-7-20-10/h1-7H,8H2,(H,15,18). The number of pyridine rings is 1. The number of rotatable bonds is 4. The number of carbonyl (C=O) groups excluding carboxylic acids is 1. The Hall–Kier alpha value is -2.54. The molecule has 0 spiro atoms. The fraction of sp³-hybridized carbons (Fsp3) is 0.0769. The van der Waals surface area contributed by atoms with Crippen molar-refractivity contribution in [2.75, 3.05) is 0 Å². The molecule has 0 aliphatic carbocycles. The van der Waals surface area contributed by atoms with Gasteiger partial charge in [-0.2, -0.15) is 4.98 Å². The molecule has 0 fully saturated rings. The van der Waals surface area contributed by atoms with E-state index in [0.717, 1.165) is 4.88 Å². The van der Waals surface area contributed by atoms with Crippen LogP contribution in [0.15, 0.2) is 46.6 Å². The third kappa shape index (κ3) is 2.72. The zero-order valence-corrected chi connectivity index (χ0v) is 11.1. The molecule has 0 aliphatic heterocycles. The van der Waals surface area contributed by atoms with E-state index in [4.69, 9.17) is 4.52 Å². The molecule has 0 aromatic carbocycles. The van der Waals surface area contributed by atoms with Crippen molar-refractivity contribution in [3.05, 3.63) is 53.5 Å². The van der Waals surface area contributed by atoms with Crippen molar-refractivity contribution in [3.63, 3.8) is 0 Å². The summed E-state index contributed by atoms with van der Waals surface area (Å²) in [6.07, 6.45) is 3.13. The predicted molar refractivity (Wildman–Crippen MR) is 73.0 cm³/mol. The zero-order chi connectivity index (χ0) is 13.8. The van der Waals surface area contributed by atoms with Crippen LogP contribution >= 0.6 is 11.3 Å². The summed E-state index contributed by atoms with van der Waals surface area (Å²) in [6.45, 7) is 0.194. The first-order valence-electron chi connectivity index (χ1n) is 5.87. The fourth-order valence-electron chi connectivity index (χ4n) is 1.59. The van der Waals surface area contributed by atoms with E-state index in [1.807, 2.05) is 17.5 Å². The van der Waals surface area contributed by atoms with Crippen LogP contribution in [0.2, 0.25) is 0 Å². The lowest BCUT2D eigenvalue weighted by molar-refractivity contribution is 0.0946. The molecule has 0 aliphatic rings. The van der Waals surface area contributed by atoms with Gasteiger partial charge in [-0.25, -0.2) is 0 Å². The van der Waals surface area contributed by atoms with Gasteiger partial charge in [0.25, 0.3) is 5.91 Å². The molecule has 0 radical (unpaired) electrons. The molecule has 0 saturated carbocycles. The number of amides is 1. The maximum atomic E-state index is 11.8. The minimum Gasteiger partial charge on any atom is -0.343 e. The molecule has 3 rings (SSSR count). The highest BCUT2D eigenvalue weighted by molar-refractivity contribution is 7.13. The summed E-state index contributed by atoms with van der Waals surface area (Å²) in [6, 6.07) is 7.11. The predicted octanol–water partition coefficient (Wildman–Crippen LogP) is 2.12. The molecule has 0 unspecified atom stereocenters. The SMILES string of the molecule is O=C(NCc1nc(-c2cccs2)no1)c1ccncc1. The number of carbonyl (C=O) groups is 1. The highest BCUT2D eigenvalue weighted by Gasteiger charge is 2.11. The number of thiophene rings is 1. The first-order valence-corrected chi connectivity index (χ1v) is 6.75. The Kier molecular flexibility index (Phi) is 3.51. The van der Waals surface area contributed by atoms with Gasteiger partial charge in [-0.15, -0.1) is 11.3 Å². The van der Waals surface area contributed by atoms with Crippen LogP contribution in [-0.4, -0.2) is 21.0 Å². The molecule has 100 valence electrons. The summed E-state index contributed by atoms with van der Waals surface area (Å²) < 4.78 is 5.09. The van der Waals surface area contributed by atoms with Gasteiger partial charge < -0.3 is 9.84 Å². The summed E-state index contributed by atoms with van der Waals surface area (Å²) in [5.41, 5.74) is 0.540. The highest BCUT2D eigenvalue weighted by atomic mass is 32.1. The summed E-state index contributed by atoms with van der Waals surface area (Å²) in [4.78, 5) is 20.8. The second kappa shape index (κ2) is 5.62. The van der Waals surface area contributed by atoms with E-state index >= 15 is 0 Å². The van der Waals surface area contributed by atoms with Crippen LogP contribution < -0.4 is 5.32 Å². The maximum Gasteiger partial charge on any atom is 0.251 e. The van der Waals surface area contributed by atoms with Gasteiger partial charge >= 0.3 is 0 Å². The number of hydrogen-bond acceptors (Lipinski definition) is 6. The first-order chi connectivity index (χ1) is 9.83. The normalized spacial score (nSPS) is 10.4. The van der Waals surface area contributed by atoms with Crippen molar-refractivity contribution < 1.29 is 9.32 Å². The lowest BCUT2D eigenvalue weighted by Crippen LogP contribution is -2.22. The van der Waals surface area contributed by atoms with Gasteiger partial charge in [0, 0.05) is 18.0 Å². The molecule has 7 heteroatoms. The average Bonchev–Trinajstić information content (AvgIpc) is 3.16. The third-order valence-corrected chi connectivity index (χ3v) is 3.42. The van der Waals surface area contributed by atoms with Crippen LogP contribution in [0.4, 0.5) is 0 Å². The molecule has 3 heterocycles. The van der Waals surface area contributed by atoms with Crippen molar-refractivity contribution in [3.8, 4) is 10.7 Å². The fourth-order valence-corrected chi connectivity index (χ4v) is 2.24. The lowest BCUT2D eigenvalue weighted by atomic mass is 10.2. The van der Waals surface area contributed by atoms with Gasteiger partial charge in [0.2, 0.25) is 11.7 Å². The van der Waals surface area contributed by atoms with Crippen LogP contribution in [0.3, 0.4) is 0 Å². The van der Waals surface area contributed by atoms with Crippen LogP contribution in [0.25, 0.3) is 10.7 Å². The number of hydrogen-bond donors (Lipinski definition) is 1. The van der Waals surface area contributed by atoms with Crippen molar-refractivity contribution in [1.29, 1.82) is 0 Å². The molecule has 0 atom stereocenters. The maximum absolute atomic E-state index is 11.8. The lowest BCUT2D eigenvalue weighted by Gasteiger charge is -2.00.